The van der Waals surface area contributed by atoms with Crippen LogP contribution in [0.1, 0.15) is 22.9 Å². The number of nitrogens with two attached hydrogens (primary N) is 1. The van der Waals surface area contributed by atoms with Gasteiger partial charge >= 0.3 is 0 Å². The van der Waals surface area contributed by atoms with E-state index in [-0.39, 0.29) is 6.04 Å². The molecule has 1 unspecified atom stereocenters. The van der Waals surface area contributed by atoms with Gasteiger partial charge in [0.15, 0.2) is 4.60 Å². The first-order chi connectivity index (χ1) is 8.00. The van der Waals surface area contributed by atoms with Crippen molar-refractivity contribution < 1.29 is 0 Å². The molecule has 90 valence electrons. The van der Waals surface area contributed by atoms with Gasteiger partial charge in [0, 0.05) is 11.5 Å². The van der Waals surface area contributed by atoms with Crippen LogP contribution in [0.4, 0.5) is 0 Å². The third-order valence-corrected chi connectivity index (χ3v) is 3.76. The maximum Gasteiger partial charge on any atom is 0.153 e. The highest BCUT2D eigenvalue weighted by Gasteiger charge is 2.19. The first kappa shape index (κ1) is 12.7. The smallest absolute Gasteiger partial charge is 0.153 e. The number of halogens is 2. The highest BCUT2D eigenvalue weighted by Crippen LogP contribution is 2.28. The number of rotatable bonds is 2. The molecule has 0 spiro atoms. The van der Waals surface area contributed by atoms with Crippen molar-refractivity contribution in [2.45, 2.75) is 13.0 Å². The van der Waals surface area contributed by atoms with Crippen molar-refractivity contribution in [1.29, 1.82) is 0 Å². The molecule has 1 aromatic carbocycles. The lowest BCUT2D eigenvalue weighted by Crippen LogP contribution is -2.17. The second-order valence-electron chi connectivity index (χ2n) is 3.87. The average molecular weight is 360 g/mol. The molecule has 0 fully saturated rings. The molecule has 1 aromatic heterocycles. The molecule has 0 aliphatic heterocycles. The molecule has 17 heavy (non-hydrogen) atoms. The SMILES string of the molecule is Cc1ccc(Br)cc1C(N)c1c(Br)nnn1C. The van der Waals surface area contributed by atoms with Gasteiger partial charge in [0.1, 0.15) is 0 Å². The Labute approximate surface area is 116 Å². The lowest BCUT2D eigenvalue weighted by Gasteiger charge is -2.15. The molecular weight excluding hydrogens is 348 g/mol. The van der Waals surface area contributed by atoms with Crippen LogP contribution in [0, 0.1) is 6.92 Å². The van der Waals surface area contributed by atoms with E-state index in [4.69, 9.17) is 5.73 Å². The second-order valence-corrected chi connectivity index (χ2v) is 5.53. The van der Waals surface area contributed by atoms with Crippen LogP contribution < -0.4 is 5.73 Å². The minimum Gasteiger partial charge on any atom is -0.319 e. The zero-order valence-electron chi connectivity index (χ0n) is 9.48. The fourth-order valence-electron chi connectivity index (χ4n) is 1.76. The van der Waals surface area contributed by atoms with Gasteiger partial charge in [0.25, 0.3) is 0 Å². The van der Waals surface area contributed by atoms with E-state index in [1.54, 1.807) is 4.68 Å². The van der Waals surface area contributed by atoms with Crippen molar-refractivity contribution in [2.24, 2.45) is 12.8 Å². The summed E-state index contributed by atoms with van der Waals surface area (Å²) in [5.41, 5.74) is 9.35. The van der Waals surface area contributed by atoms with Gasteiger partial charge in [-0.15, -0.1) is 5.10 Å². The van der Waals surface area contributed by atoms with Crippen molar-refractivity contribution in [1.82, 2.24) is 15.0 Å². The van der Waals surface area contributed by atoms with E-state index in [1.807, 2.05) is 32.2 Å². The summed E-state index contributed by atoms with van der Waals surface area (Å²) in [4.78, 5) is 0. The van der Waals surface area contributed by atoms with Crippen LogP contribution >= 0.6 is 31.9 Å². The molecule has 0 aliphatic carbocycles. The van der Waals surface area contributed by atoms with E-state index >= 15 is 0 Å². The summed E-state index contributed by atoms with van der Waals surface area (Å²) < 4.78 is 3.39. The molecule has 1 heterocycles. The molecule has 0 amide bonds. The monoisotopic (exact) mass is 358 g/mol. The molecule has 2 aromatic rings. The van der Waals surface area contributed by atoms with Gasteiger partial charge in [-0.1, -0.05) is 27.2 Å². The predicted molar refractivity (Wildman–Crippen MR) is 73.6 cm³/mol. The van der Waals surface area contributed by atoms with Crippen LogP contribution in [0.5, 0.6) is 0 Å². The van der Waals surface area contributed by atoms with Crippen molar-refractivity contribution in [2.75, 3.05) is 0 Å². The third kappa shape index (κ3) is 2.43. The van der Waals surface area contributed by atoms with Crippen molar-refractivity contribution >= 4 is 31.9 Å². The van der Waals surface area contributed by atoms with Crippen molar-refractivity contribution in [3.05, 3.63) is 44.1 Å². The molecule has 0 radical (unpaired) electrons. The topological polar surface area (TPSA) is 56.7 Å². The highest BCUT2D eigenvalue weighted by atomic mass is 79.9. The van der Waals surface area contributed by atoms with Crippen LogP contribution in [0.2, 0.25) is 0 Å². The predicted octanol–water partition coefficient (Wildman–Crippen LogP) is 2.70. The van der Waals surface area contributed by atoms with E-state index < -0.39 is 0 Å². The van der Waals surface area contributed by atoms with Crippen LogP contribution in [-0.4, -0.2) is 15.0 Å². The Morgan fingerprint density at radius 3 is 2.65 bits per heavy atom. The van der Waals surface area contributed by atoms with Crippen LogP contribution in [0.15, 0.2) is 27.3 Å². The Morgan fingerprint density at radius 2 is 2.06 bits per heavy atom. The molecule has 0 bridgehead atoms. The fourth-order valence-corrected chi connectivity index (χ4v) is 2.72. The first-order valence-electron chi connectivity index (χ1n) is 5.07. The van der Waals surface area contributed by atoms with Crippen LogP contribution in [0.3, 0.4) is 0 Å². The number of aryl methyl sites for hydroxylation is 2. The minimum atomic E-state index is -0.248. The van der Waals surface area contributed by atoms with Gasteiger partial charge in [-0.3, -0.25) is 0 Å². The summed E-state index contributed by atoms with van der Waals surface area (Å²) in [7, 11) is 1.83. The Bertz CT molecular complexity index is 531. The van der Waals surface area contributed by atoms with E-state index in [2.05, 4.69) is 42.2 Å². The lowest BCUT2D eigenvalue weighted by molar-refractivity contribution is 0.649. The fraction of sp³-hybridized carbons (Fsp3) is 0.273. The van der Waals surface area contributed by atoms with Gasteiger partial charge in [-0.25, -0.2) is 4.68 Å². The number of benzene rings is 1. The van der Waals surface area contributed by atoms with Gasteiger partial charge in [0.2, 0.25) is 0 Å². The molecule has 0 aliphatic rings. The standard InChI is InChI=1S/C11H12Br2N4/c1-6-3-4-7(12)5-8(6)9(14)10-11(13)15-16-17(10)2/h3-5,9H,14H2,1-2H3. The zero-order valence-corrected chi connectivity index (χ0v) is 12.7. The van der Waals surface area contributed by atoms with Crippen LogP contribution in [-0.2, 0) is 7.05 Å². The maximum atomic E-state index is 6.28. The zero-order chi connectivity index (χ0) is 12.6. The quantitative estimate of drug-likeness (QED) is 0.896. The number of aromatic nitrogens is 3. The summed E-state index contributed by atoms with van der Waals surface area (Å²) >= 11 is 6.83. The van der Waals surface area contributed by atoms with Gasteiger partial charge in [-0.2, -0.15) is 0 Å². The summed E-state index contributed by atoms with van der Waals surface area (Å²) in [5, 5.41) is 7.90. The largest absolute Gasteiger partial charge is 0.319 e. The van der Waals surface area contributed by atoms with Crippen molar-refractivity contribution in [3.63, 3.8) is 0 Å². The van der Waals surface area contributed by atoms with Gasteiger partial charge in [0.05, 0.1) is 11.7 Å². The molecule has 4 nitrogen and oxygen atoms in total. The Morgan fingerprint density at radius 1 is 1.35 bits per heavy atom. The summed E-state index contributed by atoms with van der Waals surface area (Å²) in [6.45, 7) is 2.04. The van der Waals surface area contributed by atoms with E-state index in [0.29, 0.717) is 4.60 Å². The molecule has 2 rings (SSSR count). The van der Waals surface area contributed by atoms with E-state index in [0.717, 1.165) is 21.3 Å². The van der Waals surface area contributed by atoms with E-state index in [9.17, 15) is 0 Å². The first-order valence-corrected chi connectivity index (χ1v) is 6.66. The number of nitrogens with zero attached hydrogens (tertiary/aromatic N) is 3. The highest BCUT2D eigenvalue weighted by molar-refractivity contribution is 9.10. The average Bonchev–Trinajstić information content (AvgIpc) is 2.61. The van der Waals surface area contributed by atoms with Gasteiger partial charge < -0.3 is 5.73 Å². The summed E-state index contributed by atoms with van der Waals surface area (Å²) in [5.74, 6) is 0. The van der Waals surface area contributed by atoms with Crippen LogP contribution in [0.25, 0.3) is 0 Å². The maximum absolute atomic E-state index is 6.28. The van der Waals surface area contributed by atoms with E-state index in [1.165, 1.54) is 0 Å². The molecule has 0 saturated carbocycles. The molecule has 0 saturated heterocycles. The number of hydrogen-bond acceptors (Lipinski definition) is 3. The summed E-state index contributed by atoms with van der Waals surface area (Å²) in [6, 6.07) is 5.82. The minimum absolute atomic E-state index is 0.248. The molecule has 6 heteroatoms. The Kier molecular flexibility index (Phi) is 3.65. The Balaban J connectivity index is 2.50. The van der Waals surface area contributed by atoms with Crippen molar-refractivity contribution in [3.8, 4) is 0 Å². The molecule has 1 atom stereocenters. The molecule has 2 N–H and O–H groups in total. The normalized spacial score (nSPS) is 12.8. The Hall–Kier alpha value is -0.720. The second kappa shape index (κ2) is 4.88. The number of hydrogen-bond donors (Lipinski definition) is 1. The van der Waals surface area contributed by atoms with Gasteiger partial charge in [-0.05, 0) is 46.1 Å². The lowest BCUT2D eigenvalue weighted by atomic mass is 10.00. The summed E-state index contributed by atoms with van der Waals surface area (Å²) in [6.07, 6.45) is 0. The molecular formula is C11H12Br2N4. The third-order valence-electron chi connectivity index (χ3n) is 2.70.